The van der Waals surface area contributed by atoms with E-state index in [0.29, 0.717) is 35.3 Å². The molecule has 1 unspecified atom stereocenters. The quantitative estimate of drug-likeness (QED) is 0.867. The van der Waals surface area contributed by atoms with Crippen molar-refractivity contribution in [1.29, 1.82) is 0 Å². The Morgan fingerprint density at radius 2 is 2.15 bits per heavy atom. The van der Waals surface area contributed by atoms with Crippen molar-refractivity contribution in [3.8, 4) is 0 Å². The number of hydrogen-bond acceptors (Lipinski definition) is 4. The minimum atomic E-state index is -3.43. The average Bonchev–Trinajstić information content (AvgIpc) is 2.47. The van der Waals surface area contributed by atoms with E-state index in [-0.39, 0.29) is 0 Å². The molecule has 112 valence electrons. The highest BCUT2D eigenvalue weighted by Gasteiger charge is 2.31. The lowest BCUT2D eigenvalue weighted by molar-refractivity contribution is 0.415. The van der Waals surface area contributed by atoms with Gasteiger partial charge in [-0.3, -0.25) is 0 Å². The van der Waals surface area contributed by atoms with Crippen LogP contribution in [-0.4, -0.2) is 36.8 Å². The van der Waals surface area contributed by atoms with Crippen LogP contribution in [0.4, 0.5) is 5.69 Å². The van der Waals surface area contributed by atoms with E-state index in [1.807, 2.05) is 24.8 Å². The van der Waals surface area contributed by atoms with Crippen molar-refractivity contribution in [3.63, 3.8) is 0 Å². The molecule has 20 heavy (non-hydrogen) atoms. The van der Waals surface area contributed by atoms with Crippen molar-refractivity contribution < 1.29 is 8.42 Å². The number of rotatable bonds is 4. The molecule has 2 rings (SSSR count). The zero-order chi connectivity index (χ0) is 14.8. The predicted molar refractivity (Wildman–Crippen MR) is 85.5 cm³/mol. The van der Waals surface area contributed by atoms with Gasteiger partial charge in [-0.15, -0.1) is 0 Å². The largest absolute Gasteiger partial charge is 0.399 e. The monoisotopic (exact) mass is 314 g/mol. The smallest absolute Gasteiger partial charge is 0.243 e. The maximum absolute atomic E-state index is 12.8. The van der Waals surface area contributed by atoms with E-state index in [2.05, 4.69) is 6.92 Å². The summed E-state index contributed by atoms with van der Waals surface area (Å²) in [5.41, 5.74) is 7.11. The maximum atomic E-state index is 12.8. The number of thioether (sulfide) groups is 1. The van der Waals surface area contributed by atoms with Crippen molar-refractivity contribution in [3.05, 3.63) is 23.8 Å². The third-order valence-corrected chi connectivity index (χ3v) is 6.97. The topological polar surface area (TPSA) is 63.4 Å². The van der Waals surface area contributed by atoms with E-state index in [4.69, 9.17) is 5.73 Å². The van der Waals surface area contributed by atoms with Gasteiger partial charge < -0.3 is 5.73 Å². The standard InChI is InChI=1S/C14H22N2O2S2/c1-3-11-5-6-12(15)9-14(11)20(17,18)16-7-8-19-13(4-2)10-16/h5-6,9,13H,3-4,7-8,10,15H2,1-2H3. The lowest BCUT2D eigenvalue weighted by atomic mass is 10.1. The fraction of sp³-hybridized carbons (Fsp3) is 0.571. The van der Waals surface area contributed by atoms with Gasteiger partial charge in [0.15, 0.2) is 0 Å². The van der Waals surface area contributed by atoms with Crippen LogP contribution >= 0.6 is 11.8 Å². The summed E-state index contributed by atoms with van der Waals surface area (Å²) in [7, 11) is -3.43. The van der Waals surface area contributed by atoms with Crippen LogP contribution in [0, 0.1) is 0 Å². The van der Waals surface area contributed by atoms with E-state index in [0.717, 1.165) is 17.7 Å². The fourth-order valence-electron chi connectivity index (χ4n) is 2.40. The lowest BCUT2D eigenvalue weighted by Crippen LogP contribution is -2.42. The number of nitrogens with zero attached hydrogens (tertiary/aromatic N) is 1. The van der Waals surface area contributed by atoms with Crippen LogP contribution in [0.2, 0.25) is 0 Å². The van der Waals surface area contributed by atoms with Crippen LogP contribution in [-0.2, 0) is 16.4 Å². The summed E-state index contributed by atoms with van der Waals surface area (Å²) >= 11 is 1.86. The molecular formula is C14H22N2O2S2. The molecule has 0 aliphatic carbocycles. The molecule has 0 radical (unpaired) electrons. The molecule has 0 aromatic heterocycles. The van der Waals surface area contributed by atoms with Gasteiger partial charge in [-0.05, 0) is 30.5 Å². The van der Waals surface area contributed by atoms with Crippen molar-refractivity contribution >= 4 is 27.5 Å². The summed E-state index contributed by atoms with van der Waals surface area (Å²) < 4.78 is 27.3. The predicted octanol–water partition coefficient (Wildman–Crippen LogP) is 2.35. The molecule has 0 spiro atoms. The summed E-state index contributed by atoms with van der Waals surface area (Å²) in [6.07, 6.45) is 1.68. The first kappa shape index (κ1) is 15.7. The number of aryl methyl sites for hydroxylation is 1. The molecule has 1 atom stereocenters. The van der Waals surface area contributed by atoms with Crippen LogP contribution < -0.4 is 5.73 Å². The summed E-state index contributed by atoms with van der Waals surface area (Å²) in [6, 6.07) is 5.17. The minimum absolute atomic E-state index is 0.377. The minimum Gasteiger partial charge on any atom is -0.399 e. The van der Waals surface area contributed by atoms with E-state index in [1.54, 1.807) is 16.4 Å². The molecule has 1 aliphatic rings. The van der Waals surface area contributed by atoms with Crippen molar-refractivity contribution in [2.45, 2.75) is 36.8 Å². The molecule has 0 saturated carbocycles. The van der Waals surface area contributed by atoms with Gasteiger partial charge in [-0.2, -0.15) is 16.1 Å². The number of nitrogens with two attached hydrogens (primary N) is 1. The second-order valence-electron chi connectivity index (χ2n) is 4.98. The molecule has 1 aromatic rings. The summed E-state index contributed by atoms with van der Waals surface area (Å²) in [5.74, 6) is 0.863. The number of benzene rings is 1. The third kappa shape index (κ3) is 3.13. The average molecular weight is 314 g/mol. The first-order valence-electron chi connectivity index (χ1n) is 6.99. The molecule has 1 heterocycles. The second-order valence-corrected chi connectivity index (χ2v) is 8.30. The first-order chi connectivity index (χ1) is 9.48. The number of sulfonamides is 1. The Morgan fingerprint density at radius 3 is 2.80 bits per heavy atom. The molecule has 6 heteroatoms. The highest BCUT2D eigenvalue weighted by atomic mass is 32.2. The fourth-order valence-corrected chi connectivity index (χ4v) is 5.60. The maximum Gasteiger partial charge on any atom is 0.243 e. The Bertz CT molecular complexity index is 573. The molecule has 1 fully saturated rings. The Balaban J connectivity index is 2.37. The molecule has 0 bridgehead atoms. The molecule has 1 aliphatic heterocycles. The Labute approximate surface area is 125 Å². The number of hydrogen-bond donors (Lipinski definition) is 1. The SMILES string of the molecule is CCc1ccc(N)cc1S(=O)(=O)N1CCSC(CC)C1. The van der Waals surface area contributed by atoms with Gasteiger partial charge in [-0.1, -0.05) is 19.9 Å². The van der Waals surface area contributed by atoms with Gasteiger partial charge in [0.25, 0.3) is 0 Å². The molecule has 1 aromatic carbocycles. The molecular weight excluding hydrogens is 292 g/mol. The van der Waals surface area contributed by atoms with Crippen LogP contribution in [0.3, 0.4) is 0 Å². The Hall–Kier alpha value is -0.720. The van der Waals surface area contributed by atoms with Crippen molar-refractivity contribution in [2.75, 3.05) is 24.6 Å². The summed E-state index contributed by atoms with van der Waals surface area (Å²) in [5, 5.41) is 0.393. The van der Waals surface area contributed by atoms with Gasteiger partial charge in [0.1, 0.15) is 0 Å². The van der Waals surface area contributed by atoms with Crippen molar-refractivity contribution in [2.24, 2.45) is 0 Å². The van der Waals surface area contributed by atoms with Gasteiger partial charge >= 0.3 is 0 Å². The normalized spacial score (nSPS) is 21.0. The number of anilines is 1. The third-order valence-electron chi connectivity index (χ3n) is 3.65. The van der Waals surface area contributed by atoms with Gasteiger partial charge in [0.05, 0.1) is 4.90 Å². The van der Waals surface area contributed by atoms with E-state index < -0.39 is 10.0 Å². The van der Waals surface area contributed by atoms with Crippen LogP contribution in [0.25, 0.3) is 0 Å². The zero-order valence-corrected chi connectivity index (χ0v) is 13.6. The Morgan fingerprint density at radius 1 is 1.40 bits per heavy atom. The molecule has 0 amide bonds. The molecule has 2 N–H and O–H groups in total. The summed E-state index contributed by atoms with van der Waals surface area (Å²) in [6.45, 7) is 5.25. The second kappa shape index (κ2) is 6.37. The first-order valence-corrected chi connectivity index (χ1v) is 9.48. The van der Waals surface area contributed by atoms with Crippen LogP contribution in [0.15, 0.2) is 23.1 Å². The van der Waals surface area contributed by atoms with E-state index >= 15 is 0 Å². The highest BCUT2D eigenvalue weighted by molar-refractivity contribution is 8.00. The van der Waals surface area contributed by atoms with Gasteiger partial charge in [-0.25, -0.2) is 8.42 Å². The highest BCUT2D eigenvalue weighted by Crippen LogP contribution is 2.28. The van der Waals surface area contributed by atoms with E-state index in [1.165, 1.54) is 0 Å². The van der Waals surface area contributed by atoms with Crippen LogP contribution in [0.5, 0.6) is 0 Å². The molecule has 4 nitrogen and oxygen atoms in total. The van der Waals surface area contributed by atoms with Gasteiger partial charge in [0, 0.05) is 29.8 Å². The Kier molecular flexibility index (Phi) is 4.99. The lowest BCUT2D eigenvalue weighted by Gasteiger charge is -2.31. The van der Waals surface area contributed by atoms with E-state index in [9.17, 15) is 8.42 Å². The zero-order valence-electron chi connectivity index (χ0n) is 12.0. The molecule has 1 saturated heterocycles. The number of nitrogen functional groups attached to an aromatic ring is 1. The van der Waals surface area contributed by atoms with Crippen molar-refractivity contribution in [1.82, 2.24) is 4.31 Å². The van der Waals surface area contributed by atoms with Gasteiger partial charge in [0.2, 0.25) is 10.0 Å². The summed E-state index contributed by atoms with van der Waals surface area (Å²) in [4.78, 5) is 0.377. The van der Waals surface area contributed by atoms with Crippen LogP contribution in [0.1, 0.15) is 25.8 Å².